The van der Waals surface area contributed by atoms with E-state index >= 15 is 0 Å². The molecule has 0 atom stereocenters. The van der Waals surface area contributed by atoms with Crippen LogP contribution in [-0.2, 0) is 16.2 Å². The number of hydrogen-bond donors (Lipinski definition) is 0. The highest BCUT2D eigenvalue weighted by molar-refractivity contribution is 7.07. The van der Waals surface area contributed by atoms with Gasteiger partial charge < -0.3 is 4.74 Å². The molecule has 0 amide bonds. The molecular formula is C11H15N3O3S. The number of aromatic nitrogens is 1. The van der Waals surface area contributed by atoms with Crippen molar-refractivity contribution in [3.8, 4) is 0 Å². The maximum Gasteiger partial charge on any atom is 0.332 e. The normalized spacial score (nSPS) is 16.6. The molecule has 0 saturated carbocycles. The van der Waals surface area contributed by atoms with Crippen molar-refractivity contribution in [1.29, 1.82) is 0 Å². The summed E-state index contributed by atoms with van der Waals surface area (Å²) in [5, 5.41) is 0. The smallest absolute Gasteiger partial charge is 0.332 e. The highest BCUT2D eigenvalue weighted by Gasteiger charge is 2.17. The SMILES string of the molecule is COC(=O)C=c1sc2n(c1=O)CN(C(C)C)CN=2. The number of ether oxygens (including phenoxy) is 1. The monoisotopic (exact) mass is 269 g/mol. The van der Waals surface area contributed by atoms with Crippen LogP contribution in [0.2, 0.25) is 0 Å². The molecule has 1 aliphatic heterocycles. The predicted molar refractivity (Wildman–Crippen MR) is 67.7 cm³/mol. The number of methoxy groups -OCH3 is 1. The molecule has 0 N–H and O–H groups in total. The standard InChI is InChI=1S/C11H15N3O3S/c1-7(2)13-5-12-11-14(6-13)10(16)8(18-11)4-9(15)17-3/h4,7H,5-6H2,1-3H3. The van der Waals surface area contributed by atoms with Crippen LogP contribution in [0.5, 0.6) is 0 Å². The van der Waals surface area contributed by atoms with Crippen molar-refractivity contribution in [1.82, 2.24) is 9.47 Å². The molecule has 0 saturated heterocycles. The van der Waals surface area contributed by atoms with E-state index in [1.165, 1.54) is 24.5 Å². The van der Waals surface area contributed by atoms with Crippen LogP contribution in [0.1, 0.15) is 13.8 Å². The molecule has 98 valence electrons. The van der Waals surface area contributed by atoms with Crippen molar-refractivity contribution in [3.05, 3.63) is 19.7 Å². The Hall–Kier alpha value is -1.47. The van der Waals surface area contributed by atoms with Crippen LogP contribution in [0, 0.1) is 0 Å². The molecule has 0 aromatic carbocycles. The fourth-order valence-electron chi connectivity index (χ4n) is 1.62. The minimum absolute atomic E-state index is 0.186. The Morgan fingerprint density at radius 1 is 1.56 bits per heavy atom. The summed E-state index contributed by atoms with van der Waals surface area (Å²) in [5.74, 6) is -0.521. The van der Waals surface area contributed by atoms with Crippen LogP contribution in [0.15, 0.2) is 9.79 Å². The van der Waals surface area contributed by atoms with Crippen LogP contribution in [0.3, 0.4) is 0 Å². The second kappa shape index (κ2) is 5.03. The Bertz CT molecular complexity index is 629. The average Bonchev–Trinajstić information content (AvgIpc) is 2.66. The van der Waals surface area contributed by atoms with Gasteiger partial charge >= 0.3 is 5.97 Å². The van der Waals surface area contributed by atoms with Crippen LogP contribution in [0.25, 0.3) is 6.08 Å². The zero-order valence-corrected chi connectivity index (χ0v) is 11.4. The number of thiazole rings is 1. The number of fused-ring (bicyclic) bond motifs is 1. The zero-order valence-electron chi connectivity index (χ0n) is 10.5. The summed E-state index contributed by atoms with van der Waals surface area (Å²) in [6.45, 7) is 5.20. The van der Waals surface area contributed by atoms with E-state index in [1.54, 1.807) is 4.57 Å². The molecule has 2 heterocycles. The van der Waals surface area contributed by atoms with Crippen molar-refractivity contribution < 1.29 is 9.53 Å². The number of nitrogens with zero attached hydrogens (tertiary/aromatic N) is 3. The van der Waals surface area contributed by atoms with Crippen molar-refractivity contribution in [2.75, 3.05) is 13.8 Å². The molecule has 0 unspecified atom stereocenters. The van der Waals surface area contributed by atoms with Gasteiger partial charge in [0.2, 0.25) is 0 Å². The highest BCUT2D eigenvalue weighted by atomic mass is 32.1. The molecule has 0 aliphatic carbocycles. The maximum absolute atomic E-state index is 12.1. The molecule has 1 aromatic heterocycles. The first-order valence-corrected chi connectivity index (χ1v) is 6.42. The number of carbonyl (C=O) groups is 1. The van der Waals surface area contributed by atoms with Gasteiger partial charge in [-0.15, -0.1) is 0 Å². The lowest BCUT2D eigenvalue weighted by Crippen LogP contribution is -2.45. The third kappa shape index (κ3) is 2.37. The topological polar surface area (TPSA) is 63.9 Å². The number of hydrogen-bond acceptors (Lipinski definition) is 6. The van der Waals surface area contributed by atoms with Gasteiger partial charge in [0.05, 0.1) is 20.4 Å². The molecular weight excluding hydrogens is 254 g/mol. The van der Waals surface area contributed by atoms with Gasteiger partial charge in [0.15, 0.2) is 4.80 Å². The van der Waals surface area contributed by atoms with Crippen molar-refractivity contribution >= 4 is 23.4 Å². The van der Waals surface area contributed by atoms with Gasteiger partial charge in [0.1, 0.15) is 4.53 Å². The third-order valence-electron chi connectivity index (χ3n) is 2.78. The van der Waals surface area contributed by atoms with E-state index in [0.29, 0.717) is 28.7 Å². The predicted octanol–water partition coefficient (Wildman–Crippen LogP) is -0.878. The summed E-state index contributed by atoms with van der Waals surface area (Å²) in [4.78, 5) is 30.3. The van der Waals surface area contributed by atoms with E-state index in [-0.39, 0.29) is 5.56 Å². The minimum atomic E-state index is -0.521. The number of esters is 1. The summed E-state index contributed by atoms with van der Waals surface area (Å²) in [7, 11) is 1.29. The largest absolute Gasteiger partial charge is 0.466 e. The van der Waals surface area contributed by atoms with E-state index in [2.05, 4.69) is 28.5 Å². The van der Waals surface area contributed by atoms with Crippen LogP contribution in [0.4, 0.5) is 0 Å². The number of carbonyl (C=O) groups excluding carboxylic acids is 1. The summed E-state index contributed by atoms with van der Waals surface area (Å²) >= 11 is 1.22. The first kappa shape index (κ1) is 13.0. The first-order chi connectivity index (χ1) is 8.52. The molecule has 18 heavy (non-hydrogen) atoms. The van der Waals surface area contributed by atoms with Crippen LogP contribution >= 0.6 is 11.3 Å². The van der Waals surface area contributed by atoms with E-state index < -0.39 is 5.97 Å². The van der Waals surface area contributed by atoms with E-state index in [0.717, 1.165) is 0 Å². The third-order valence-corrected chi connectivity index (χ3v) is 3.82. The van der Waals surface area contributed by atoms with E-state index in [4.69, 9.17) is 0 Å². The van der Waals surface area contributed by atoms with Gasteiger partial charge in [-0.05, 0) is 13.8 Å². The second-order valence-electron chi connectivity index (χ2n) is 4.27. The summed E-state index contributed by atoms with van der Waals surface area (Å²) in [6, 6.07) is 0.321. The molecule has 2 rings (SSSR count). The Kier molecular flexibility index (Phi) is 3.63. The Morgan fingerprint density at radius 3 is 2.89 bits per heavy atom. The van der Waals surface area contributed by atoms with E-state index in [9.17, 15) is 9.59 Å². The summed E-state index contributed by atoms with van der Waals surface area (Å²) in [5.41, 5.74) is -0.186. The van der Waals surface area contributed by atoms with E-state index in [1.807, 2.05) is 0 Å². The van der Waals surface area contributed by atoms with Gasteiger partial charge in [-0.25, -0.2) is 9.79 Å². The quantitative estimate of drug-likeness (QED) is 0.654. The molecule has 6 nitrogen and oxygen atoms in total. The molecule has 0 spiro atoms. The minimum Gasteiger partial charge on any atom is -0.466 e. The van der Waals surface area contributed by atoms with Gasteiger partial charge in [0, 0.05) is 12.1 Å². The lowest BCUT2D eigenvalue weighted by molar-refractivity contribution is -0.133. The van der Waals surface area contributed by atoms with Gasteiger partial charge in [-0.1, -0.05) is 11.3 Å². The Balaban J connectivity index is 2.47. The zero-order chi connectivity index (χ0) is 13.3. The lowest BCUT2D eigenvalue weighted by Gasteiger charge is -2.26. The van der Waals surface area contributed by atoms with Crippen molar-refractivity contribution in [2.45, 2.75) is 26.6 Å². The van der Waals surface area contributed by atoms with Crippen molar-refractivity contribution in [3.63, 3.8) is 0 Å². The molecule has 7 heteroatoms. The fourth-order valence-corrected chi connectivity index (χ4v) is 2.54. The second-order valence-corrected chi connectivity index (χ2v) is 5.28. The van der Waals surface area contributed by atoms with Crippen LogP contribution in [-0.4, -0.2) is 35.3 Å². The maximum atomic E-state index is 12.1. The van der Waals surface area contributed by atoms with Crippen molar-refractivity contribution in [2.24, 2.45) is 4.99 Å². The molecule has 0 bridgehead atoms. The average molecular weight is 269 g/mol. The summed E-state index contributed by atoms with van der Waals surface area (Å²) < 4.78 is 6.48. The van der Waals surface area contributed by atoms with Gasteiger partial charge in [-0.3, -0.25) is 14.3 Å². The molecule has 0 radical (unpaired) electrons. The summed E-state index contributed by atoms with van der Waals surface area (Å²) in [6.07, 6.45) is 1.22. The molecule has 1 aromatic rings. The highest BCUT2D eigenvalue weighted by Crippen LogP contribution is 2.01. The number of rotatable bonds is 2. The Labute approximate surface area is 108 Å². The lowest BCUT2D eigenvalue weighted by atomic mass is 10.3. The fraction of sp³-hybridized carbons (Fsp3) is 0.545. The van der Waals surface area contributed by atoms with Crippen LogP contribution < -0.4 is 14.9 Å². The van der Waals surface area contributed by atoms with Gasteiger partial charge in [0.25, 0.3) is 5.56 Å². The van der Waals surface area contributed by atoms with Gasteiger partial charge in [-0.2, -0.15) is 0 Å². The molecule has 0 fully saturated rings. The first-order valence-electron chi connectivity index (χ1n) is 5.60. The Morgan fingerprint density at radius 2 is 2.28 bits per heavy atom. The molecule has 1 aliphatic rings.